The van der Waals surface area contributed by atoms with Crippen molar-refractivity contribution in [3.63, 3.8) is 0 Å². The van der Waals surface area contributed by atoms with Gasteiger partial charge in [0.15, 0.2) is 17.3 Å². The average molecular weight is 503 g/mol. The van der Waals surface area contributed by atoms with Crippen molar-refractivity contribution in [3.05, 3.63) is 82.4 Å². The van der Waals surface area contributed by atoms with Crippen LogP contribution in [0.2, 0.25) is 0 Å². The van der Waals surface area contributed by atoms with Crippen LogP contribution in [0.25, 0.3) is 16.6 Å². The molecule has 1 aliphatic heterocycles. The zero-order valence-electron chi connectivity index (χ0n) is 19.6. The summed E-state index contributed by atoms with van der Waals surface area (Å²) in [4.78, 5) is 26.5. The number of aliphatic carboxylic acids is 1. The van der Waals surface area contributed by atoms with Crippen LogP contribution in [0.5, 0.6) is 17.2 Å². The fourth-order valence-electron chi connectivity index (χ4n) is 4.26. The number of fused-ring (bicyclic) bond motifs is 2. The van der Waals surface area contributed by atoms with Gasteiger partial charge in [-0.15, -0.1) is 0 Å². The summed E-state index contributed by atoms with van der Waals surface area (Å²) in [5.74, 6) is 0.105. The van der Waals surface area contributed by atoms with Crippen LogP contribution in [0.1, 0.15) is 27.0 Å². The number of carboxylic acid groups (broad SMARTS) is 1. The molecule has 5 rings (SSSR count). The normalized spacial score (nSPS) is 13.3. The van der Waals surface area contributed by atoms with Gasteiger partial charge in [0.1, 0.15) is 30.0 Å². The Morgan fingerprint density at radius 3 is 2.44 bits per heavy atom. The molecule has 2 heterocycles. The van der Waals surface area contributed by atoms with Crippen LogP contribution in [0, 0.1) is 6.92 Å². The number of hydrogen-bond donors (Lipinski definition) is 1. The summed E-state index contributed by atoms with van der Waals surface area (Å²) in [6, 6.07) is 15.4. The predicted molar refractivity (Wildman–Crippen MR) is 135 cm³/mol. The van der Waals surface area contributed by atoms with Crippen LogP contribution in [0.4, 0.5) is 0 Å². The highest BCUT2D eigenvalue weighted by Gasteiger charge is 2.26. The van der Waals surface area contributed by atoms with E-state index < -0.39 is 11.8 Å². The van der Waals surface area contributed by atoms with E-state index >= 15 is 0 Å². The number of carbonyl (C=O) groups excluding carboxylic acids is 1. The monoisotopic (exact) mass is 502 g/mol. The third-order valence-electron chi connectivity index (χ3n) is 5.98. The fourth-order valence-corrected chi connectivity index (χ4v) is 4.78. The van der Waals surface area contributed by atoms with Crippen molar-refractivity contribution in [2.45, 2.75) is 13.3 Å². The zero-order valence-corrected chi connectivity index (χ0v) is 20.4. The van der Waals surface area contributed by atoms with Crippen LogP contribution >= 0.6 is 11.7 Å². The lowest BCUT2D eigenvalue weighted by Gasteiger charge is -2.19. The van der Waals surface area contributed by atoms with Crippen molar-refractivity contribution in [1.82, 2.24) is 8.75 Å². The molecule has 1 aliphatic rings. The number of aromatic nitrogens is 2. The Morgan fingerprint density at radius 1 is 0.944 bits per heavy atom. The largest absolute Gasteiger partial charge is 0.496 e. The van der Waals surface area contributed by atoms with Gasteiger partial charge in [-0.1, -0.05) is 18.2 Å². The van der Waals surface area contributed by atoms with Crippen molar-refractivity contribution in [2.24, 2.45) is 0 Å². The van der Waals surface area contributed by atoms with Gasteiger partial charge >= 0.3 is 5.97 Å². The van der Waals surface area contributed by atoms with E-state index in [1.54, 1.807) is 43.5 Å². The molecule has 36 heavy (non-hydrogen) atoms. The molecule has 9 heteroatoms. The summed E-state index contributed by atoms with van der Waals surface area (Å²) in [7, 11) is 1.59. The molecule has 0 radical (unpaired) electrons. The second-order valence-electron chi connectivity index (χ2n) is 8.29. The molecule has 3 aromatic carbocycles. The maximum atomic E-state index is 13.9. The first-order valence-electron chi connectivity index (χ1n) is 11.2. The maximum absolute atomic E-state index is 13.9. The van der Waals surface area contributed by atoms with Crippen molar-refractivity contribution >= 4 is 40.1 Å². The van der Waals surface area contributed by atoms with Crippen molar-refractivity contribution in [1.29, 1.82) is 0 Å². The Kier molecular flexibility index (Phi) is 6.39. The third kappa shape index (κ3) is 4.52. The summed E-state index contributed by atoms with van der Waals surface area (Å²) in [6.07, 6.45) is 0.104. The molecular weight excluding hydrogens is 480 g/mol. The molecular formula is C27H22N2O6S. The van der Waals surface area contributed by atoms with Crippen molar-refractivity contribution in [3.8, 4) is 17.2 Å². The molecule has 1 aromatic heterocycles. The molecule has 0 amide bonds. The number of hydrogen-bond acceptors (Lipinski definition) is 8. The van der Waals surface area contributed by atoms with E-state index in [2.05, 4.69) is 8.75 Å². The number of carboxylic acids is 1. The van der Waals surface area contributed by atoms with Gasteiger partial charge in [-0.3, -0.25) is 4.79 Å². The Balaban J connectivity index is 1.66. The number of ketones is 1. The predicted octanol–water partition coefficient (Wildman–Crippen LogP) is 4.74. The summed E-state index contributed by atoms with van der Waals surface area (Å²) >= 11 is 1.05. The van der Waals surface area contributed by atoms with E-state index in [0.29, 0.717) is 52.6 Å². The lowest BCUT2D eigenvalue weighted by molar-refractivity contribution is -0.130. The van der Waals surface area contributed by atoms with Gasteiger partial charge in [0, 0.05) is 17.6 Å². The number of aryl methyl sites for hydroxylation is 1. The number of benzene rings is 3. The molecule has 0 atom stereocenters. The minimum Gasteiger partial charge on any atom is -0.496 e. The van der Waals surface area contributed by atoms with Gasteiger partial charge in [-0.05, 0) is 60.0 Å². The summed E-state index contributed by atoms with van der Waals surface area (Å²) < 4.78 is 25.0. The molecule has 0 unspecified atom stereocenters. The Morgan fingerprint density at radius 2 is 1.69 bits per heavy atom. The molecule has 0 saturated heterocycles. The topological polar surface area (TPSA) is 108 Å². The first-order chi connectivity index (χ1) is 17.4. The Bertz CT molecular complexity index is 1520. The van der Waals surface area contributed by atoms with Crippen molar-refractivity contribution in [2.75, 3.05) is 20.3 Å². The smallest absolute Gasteiger partial charge is 0.336 e. The first kappa shape index (κ1) is 23.5. The quantitative estimate of drug-likeness (QED) is 0.285. The van der Waals surface area contributed by atoms with Crippen LogP contribution in [0.3, 0.4) is 0 Å². The Hall–Kier alpha value is -4.24. The zero-order chi connectivity index (χ0) is 25.2. The summed E-state index contributed by atoms with van der Waals surface area (Å²) in [5.41, 5.74) is 3.66. The van der Waals surface area contributed by atoms with E-state index in [0.717, 1.165) is 22.9 Å². The van der Waals surface area contributed by atoms with Gasteiger partial charge in [0.2, 0.25) is 0 Å². The highest BCUT2D eigenvalue weighted by molar-refractivity contribution is 7.00. The summed E-state index contributed by atoms with van der Waals surface area (Å²) in [5, 5.41) is 10.3. The number of methoxy groups -OCH3 is 1. The third-order valence-corrected chi connectivity index (χ3v) is 6.53. The standard InChI is InChI=1S/C27H22N2O6S/c1-15-11-16(3-7-22(15)33-2)12-19(26(30)18-5-8-23-24(14-18)35-10-9-34-23)25(27(31)32)17-4-6-20-21(13-17)29-36-28-20/h3-8,11,13-14H,9-10,12H2,1-2H3,(H,31,32)/b25-19+. The molecule has 0 fully saturated rings. The van der Waals surface area contributed by atoms with Gasteiger partial charge < -0.3 is 19.3 Å². The molecule has 4 aromatic rings. The maximum Gasteiger partial charge on any atom is 0.336 e. The number of carbonyl (C=O) groups is 2. The summed E-state index contributed by atoms with van der Waals surface area (Å²) in [6.45, 7) is 2.70. The second-order valence-corrected chi connectivity index (χ2v) is 8.82. The number of allylic oxidation sites excluding steroid dienone is 1. The first-order valence-corrected chi connectivity index (χ1v) is 11.9. The molecule has 0 saturated carbocycles. The minimum absolute atomic E-state index is 0.0849. The molecule has 0 spiro atoms. The molecule has 1 N–H and O–H groups in total. The number of Topliss-reactive ketones (excluding diaryl/α,β-unsaturated/α-hetero) is 1. The van der Waals surface area contributed by atoms with Crippen LogP contribution in [0.15, 0.2) is 60.2 Å². The van der Waals surface area contributed by atoms with E-state index in [-0.39, 0.29) is 17.6 Å². The molecule has 8 nitrogen and oxygen atoms in total. The lowest BCUT2D eigenvalue weighted by Crippen LogP contribution is -2.17. The fraction of sp³-hybridized carbons (Fsp3) is 0.185. The van der Waals surface area contributed by atoms with E-state index in [4.69, 9.17) is 14.2 Å². The molecule has 182 valence electrons. The lowest BCUT2D eigenvalue weighted by atomic mass is 9.89. The van der Waals surface area contributed by atoms with Gasteiger partial charge in [0.05, 0.1) is 24.4 Å². The van der Waals surface area contributed by atoms with Crippen LogP contribution in [-0.4, -0.2) is 45.9 Å². The van der Waals surface area contributed by atoms with Gasteiger partial charge in [0.25, 0.3) is 0 Å². The van der Waals surface area contributed by atoms with E-state index in [1.165, 1.54) is 0 Å². The minimum atomic E-state index is -1.20. The SMILES string of the molecule is COc1ccc(C/C(C(=O)c2ccc3c(c2)OCCO3)=C(\C(=O)O)c2ccc3nsnc3c2)cc1C. The van der Waals surface area contributed by atoms with Gasteiger partial charge in [-0.2, -0.15) is 8.75 Å². The number of rotatable bonds is 7. The van der Waals surface area contributed by atoms with Crippen molar-refractivity contribution < 1.29 is 28.9 Å². The number of ether oxygens (including phenoxy) is 3. The number of nitrogens with zero attached hydrogens (tertiary/aromatic N) is 2. The second kappa shape index (κ2) is 9.79. The van der Waals surface area contributed by atoms with Crippen LogP contribution in [-0.2, 0) is 11.2 Å². The average Bonchev–Trinajstić information content (AvgIpc) is 3.35. The highest BCUT2D eigenvalue weighted by atomic mass is 32.1. The molecule has 0 bridgehead atoms. The van der Waals surface area contributed by atoms with E-state index in [9.17, 15) is 14.7 Å². The highest BCUT2D eigenvalue weighted by Crippen LogP contribution is 2.34. The van der Waals surface area contributed by atoms with Gasteiger partial charge in [-0.25, -0.2) is 4.79 Å². The Labute approximate surface area is 211 Å². The molecule has 0 aliphatic carbocycles. The van der Waals surface area contributed by atoms with Crippen LogP contribution < -0.4 is 14.2 Å². The van der Waals surface area contributed by atoms with E-state index in [1.807, 2.05) is 25.1 Å².